The van der Waals surface area contributed by atoms with E-state index in [1.807, 2.05) is 0 Å². The Hall–Kier alpha value is -0.510. The number of rotatable bonds is 0. The minimum Gasteiger partial charge on any atom is -0.138 e. The standard InChI is InChI=1S/C3HBrN3/c4-3-1-5-7-6-2-3/h1H. The van der Waals surface area contributed by atoms with Crippen molar-refractivity contribution < 1.29 is 0 Å². The van der Waals surface area contributed by atoms with Crippen molar-refractivity contribution in [2.75, 3.05) is 0 Å². The number of hydrogen-bond donors (Lipinski definition) is 0. The molecular weight excluding hydrogens is 158 g/mol. The van der Waals surface area contributed by atoms with Crippen LogP contribution in [0.3, 0.4) is 0 Å². The molecule has 0 saturated carbocycles. The summed E-state index contributed by atoms with van der Waals surface area (Å²) < 4.78 is 0.725. The predicted octanol–water partition coefficient (Wildman–Crippen LogP) is 0.434. The first kappa shape index (κ1) is 4.64. The average Bonchev–Trinajstić information content (AvgIpc) is 1.69. The van der Waals surface area contributed by atoms with Crippen LogP contribution in [0.1, 0.15) is 0 Å². The van der Waals surface area contributed by atoms with Crippen molar-refractivity contribution in [3.63, 3.8) is 0 Å². The van der Waals surface area contributed by atoms with Crippen molar-refractivity contribution in [1.82, 2.24) is 15.4 Å². The summed E-state index contributed by atoms with van der Waals surface area (Å²) in [4.78, 5) is 0. The highest BCUT2D eigenvalue weighted by Crippen LogP contribution is 1.98. The van der Waals surface area contributed by atoms with Crippen LogP contribution < -0.4 is 0 Å². The van der Waals surface area contributed by atoms with Crippen molar-refractivity contribution in [3.05, 3.63) is 16.9 Å². The molecule has 1 aromatic heterocycles. The van der Waals surface area contributed by atoms with E-state index in [-0.39, 0.29) is 0 Å². The smallest absolute Gasteiger partial charge is 0.132 e. The fraction of sp³-hybridized carbons (Fsp3) is 0. The normalized spacial score (nSPS) is 8.71. The lowest BCUT2D eigenvalue weighted by Gasteiger charge is -1.76. The Morgan fingerprint density at radius 2 is 2.57 bits per heavy atom. The highest BCUT2D eigenvalue weighted by Gasteiger charge is 1.79. The predicted molar refractivity (Wildman–Crippen MR) is 26.4 cm³/mol. The highest BCUT2D eigenvalue weighted by atomic mass is 79.9. The van der Waals surface area contributed by atoms with Crippen LogP contribution in [0.5, 0.6) is 0 Å². The topological polar surface area (TPSA) is 38.7 Å². The van der Waals surface area contributed by atoms with Gasteiger partial charge in [-0.25, -0.2) is 0 Å². The minimum absolute atomic E-state index is 0.725. The first-order valence-electron chi connectivity index (χ1n) is 1.61. The molecule has 0 aromatic carbocycles. The summed E-state index contributed by atoms with van der Waals surface area (Å²) in [6, 6.07) is 0. The van der Waals surface area contributed by atoms with Gasteiger partial charge in [0.25, 0.3) is 0 Å². The van der Waals surface area contributed by atoms with E-state index >= 15 is 0 Å². The highest BCUT2D eigenvalue weighted by molar-refractivity contribution is 9.10. The lowest BCUT2D eigenvalue weighted by Crippen LogP contribution is -1.81. The molecule has 35 valence electrons. The molecule has 0 aliphatic rings. The van der Waals surface area contributed by atoms with E-state index in [1.54, 1.807) is 0 Å². The van der Waals surface area contributed by atoms with E-state index in [9.17, 15) is 0 Å². The van der Waals surface area contributed by atoms with Gasteiger partial charge in [0.15, 0.2) is 0 Å². The van der Waals surface area contributed by atoms with Crippen LogP contribution in [0.15, 0.2) is 10.7 Å². The second-order valence-corrected chi connectivity index (χ2v) is 1.75. The quantitative estimate of drug-likeness (QED) is 0.551. The molecule has 1 rings (SSSR count). The molecule has 0 unspecified atom stereocenters. The maximum atomic E-state index is 3.45. The molecule has 0 aliphatic carbocycles. The Balaban J connectivity index is 3.02. The van der Waals surface area contributed by atoms with Crippen LogP contribution in [-0.2, 0) is 0 Å². The maximum absolute atomic E-state index is 3.45. The molecular formula is C3HBrN3. The summed E-state index contributed by atoms with van der Waals surface area (Å²) in [6.07, 6.45) is 4.05. The van der Waals surface area contributed by atoms with Crippen LogP contribution in [-0.4, -0.2) is 15.4 Å². The van der Waals surface area contributed by atoms with Gasteiger partial charge in [0.2, 0.25) is 0 Å². The molecule has 0 N–H and O–H groups in total. The lowest BCUT2D eigenvalue weighted by molar-refractivity contribution is 0.853. The summed E-state index contributed by atoms with van der Waals surface area (Å²) in [6.45, 7) is 0. The molecule has 0 spiro atoms. The first-order chi connectivity index (χ1) is 3.39. The molecule has 1 heterocycles. The van der Waals surface area contributed by atoms with E-state index in [2.05, 4.69) is 37.5 Å². The summed E-state index contributed by atoms with van der Waals surface area (Å²) in [5, 5.41) is 10.1. The van der Waals surface area contributed by atoms with Gasteiger partial charge in [0.05, 0.1) is 10.7 Å². The van der Waals surface area contributed by atoms with Gasteiger partial charge < -0.3 is 0 Å². The molecule has 0 atom stereocenters. The van der Waals surface area contributed by atoms with Crippen molar-refractivity contribution in [2.24, 2.45) is 0 Å². The van der Waals surface area contributed by atoms with E-state index in [0.717, 1.165) is 4.47 Å². The van der Waals surface area contributed by atoms with Crippen LogP contribution in [0.25, 0.3) is 0 Å². The van der Waals surface area contributed by atoms with Gasteiger partial charge in [-0.05, 0) is 21.1 Å². The summed E-state index contributed by atoms with van der Waals surface area (Å²) in [5.41, 5.74) is 0. The molecule has 0 bridgehead atoms. The zero-order valence-corrected chi connectivity index (χ0v) is 4.88. The number of halogens is 1. The van der Waals surface area contributed by atoms with Gasteiger partial charge in [-0.2, -0.15) is 0 Å². The third-order valence-electron chi connectivity index (χ3n) is 0.424. The van der Waals surface area contributed by atoms with Crippen molar-refractivity contribution in [1.29, 1.82) is 0 Å². The minimum atomic E-state index is 0.725. The second kappa shape index (κ2) is 1.97. The molecule has 1 radical (unpaired) electrons. The van der Waals surface area contributed by atoms with Gasteiger partial charge in [-0.15, -0.1) is 10.2 Å². The van der Waals surface area contributed by atoms with Crippen molar-refractivity contribution in [3.8, 4) is 0 Å². The third-order valence-corrected chi connectivity index (χ3v) is 0.806. The van der Waals surface area contributed by atoms with Gasteiger partial charge in [-0.3, -0.25) is 0 Å². The van der Waals surface area contributed by atoms with Gasteiger partial charge in [-0.1, -0.05) is 0 Å². The Labute approximate surface area is 48.9 Å². The largest absolute Gasteiger partial charge is 0.138 e. The Bertz CT molecular complexity index is 140. The van der Waals surface area contributed by atoms with E-state index in [1.165, 1.54) is 6.20 Å². The summed E-state index contributed by atoms with van der Waals surface area (Å²) in [5.74, 6) is 0. The Morgan fingerprint density at radius 3 is 2.86 bits per heavy atom. The average molecular weight is 159 g/mol. The van der Waals surface area contributed by atoms with E-state index < -0.39 is 0 Å². The third kappa shape index (κ3) is 1.19. The van der Waals surface area contributed by atoms with Gasteiger partial charge in [0, 0.05) is 0 Å². The molecule has 0 aliphatic heterocycles. The van der Waals surface area contributed by atoms with Crippen molar-refractivity contribution in [2.45, 2.75) is 0 Å². The van der Waals surface area contributed by atoms with E-state index in [0.29, 0.717) is 0 Å². The lowest BCUT2D eigenvalue weighted by atomic mass is 10.7. The Kier molecular flexibility index (Phi) is 1.31. The number of nitrogens with zero attached hydrogens (tertiary/aromatic N) is 3. The number of aromatic nitrogens is 3. The van der Waals surface area contributed by atoms with E-state index in [4.69, 9.17) is 0 Å². The molecule has 1 aromatic rings. The summed E-state index contributed by atoms with van der Waals surface area (Å²) in [7, 11) is 0. The SMILES string of the molecule is Brc1[c]nnnc1. The molecule has 0 amide bonds. The van der Waals surface area contributed by atoms with Crippen LogP contribution in [0.4, 0.5) is 0 Å². The number of hydrogen-bond acceptors (Lipinski definition) is 3. The van der Waals surface area contributed by atoms with Crippen LogP contribution in [0, 0.1) is 6.20 Å². The monoisotopic (exact) mass is 158 g/mol. The summed E-state index contributed by atoms with van der Waals surface area (Å²) >= 11 is 3.09. The first-order valence-corrected chi connectivity index (χ1v) is 2.40. The van der Waals surface area contributed by atoms with Crippen LogP contribution >= 0.6 is 15.9 Å². The van der Waals surface area contributed by atoms with Gasteiger partial charge >= 0.3 is 0 Å². The fourth-order valence-electron chi connectivity index (χ4n) is 0.201. The fourth-order valence-corrected chi connectivity index (χ4v) is 0.372. The molecule has 0 fully saturated rings. The van der Waals surface area contributed by atoms with Crippen LogP contribution in [0.2, 0.25) is 0 Å². The zero-order valence-electron chi connectivity index (χ0n) is 3.30. The second-order valence-electron chi connectivity index (χ2n) is 0.894. The molecule has 0 saturated heterocycles. The zero-order chi connectivity index (χ0) is 5.11. The maximum Gasteiger partial charge on any atom is 0.132 e. The molecule has 4 heteroatoms. The van der Waals surface area contributed by atoms with Crippen molar-refractivity contribution >= 4 is 15.9 Å². The Morgan fingerprint density at radius 1 is 1.71 bits per heavy atom. The molecule has 7 heavy (non-hydrogen) atoms. The molecule has 3 nitrogen and oxygen atoms in total. The van der Waals surface area contributed by atoms with Gasteiger partial charge in [0.1, 0.15) is 6.20 Å².